The third kappa shape index (κ3) is 4.34. The fraction of sp³-hybridized carbons (Fsp3) is 0.120. The second-order valence-electron chi connectivity index (χ2n) is 7.65. The van der Waals surface area contributed by atoms with E-state index in [0.717, 1.165) is 11.1 Å². The minimum atomic E-state index is -0.398. The molecule has 0 saturated carbocycles. The van der Waals surface area contributed by atoms with Crippen molar-refractivity contribution >= 4 is 23.4 Å². The predicted octanol–water partition coefficient (Wildman–Crippen LogP) is 6.94. The lowest BCUT2D eigenvalue weighted by molar-refractivity contribution is 0.508. The fourth-order valence-corrected chi connectivity index (χ4v) is 4.63. The third-order valence-corrected chi connectivity index (χ3v) is 6.54. The first-order valence-electron chi connectivity index (χ1n) is 10.5. The van der Waals surface area contributed by atoms with Gasteiger partial charge in [-0.2, -0.15) is 0 Å². The van der Waals surface area contributed by atoms with E-state index in [-0.39, 0.29) is 5.25 Å². The zero-order chi connectivity index (χ0) is 23.7. The standard InChI is InChI=1S/C25H19ClFN5OS/c1-15-8-7-9-17(14-15)24-30-29-23(33-24)16(2)34-25-31-28-22(18-10-3-4-11-19(18)26)32(25)21-13-6-5-12-20(21)27/h3-14,16H,1-2H3. The number of aryl methyl sites for hydroxylation is 1. The maximum absolute atomic E-state index is 14.9. The second kappa shape index (κ2) is 9.40. The zero-order valence-electron chi connectivity index (χ0n) is 18.3. The van der Waals surface area contributed by atoms with Crippen LogP contribution in [0.2, 0.25) is 5.02 Å². The molecule has 1 atom stereocenters. The molecule has 0 amide bonds. The van der Waals surface area contributed by atoms with Crippen LogP contribution in [0.25, 0.3) is 28.5 Å². The van der Waals surface area contributed by atoms with Crippen molar-refractivity contribution in [3.05, 3.63) is 95.1 Å². The van der Waals surface area contributed by atoms with Gasteiger partial charge in [-0.25, -0.2) is 4.39 Å². The number of aromatic nitrogens is 5. The van der Waals surface area contributed by atoms with Crippen molar-refractivity contribution < 1.29 is 8.81 Å². The minimum Gasteiger partial charge on any atom is -0.419 e. The molecule has 2 aromatic heterocycles. The molecule has 0 N–H and O–H groups in total. The van der Waals surface area contributed by atoms with Crippen LogP contribution in [0.15, 0.2) is 82.4 Å². The summed E-state index contributed by atoms with van der Waals surface area (Å²) in [6.45, 7) is 3.93. The summed E-state index contributed by atoms with van der Waals surface area (Å²) in [5.41, 5.74) is 2.93. The molecule has 0 bridgehead atoms. The molecule has 5 aromatic rings. The van der Waals surface area contributed by atoms with E-state index in [1.54, 1.807) is 28.8 Å². The van der Waals surface area contributed by atoms with Gasteiger partial charge in [0.1, 0.15) is 5.82 Å². The van der Waals surface area contributed by atoms with Crippen LogP contribution in [0.4, 0.5) is 4.39 Å². The number of thioether (sulfide) groups is 1. The zero-order valence-corrected chi connectivity index (χ0v) is 19.9. The molecule has 9 heteroatoms. The molecule has 0 aliphatic carbocycles. The summed E-state index contributed by atoms with van der Waals surface area (Å²) < 4.78 is 22.5. The van der Waals surface area contributed by atoms with Crippen molar-refractivity contribution in [2.24, 2.45) is 0 Å². The van der Waals surface area contributed by atoms with E-state index in [4.69, 9.17) is 16.0 Å². The summed E-state index contributed by atoms with van der Waals surface area (Å²) >= 11 is 7.77. The van der Waals surface area contributed by atoms with Crippen molar-refractivity contribution in [1.29, 1.82) is 0 Å². The van der Waals surface area contributed by atoms with Gasteiger partial charge < -0.3 is 4.42 Å². The van der Waals surface area contributed by atoms with Gasteiger partial charge >= 0.3 is 0 Å². The maximum Gasteiger partial charge on any atom is 0.247 e. The molecular formula is C25H19ClFN5OS. The number of nitrogens with zero attached hydrogens (tertiary/aromatic N) is 5. The first-order valence-corrected chi connectivity index (χ1v) is 11.8. The van der Waals surface area contributed by atoms with Crippen LogP contribution in [0, 0.1) is 12.7 Å². The molecule has 6 nitrogen and oxygen atoms in total. The van der Waals surface area contributed by atoms with Crippen molar-refractivity contribution in [2.45, 2.75) is 24.3 Å². The SMILES string of the molecule is Cc1cccc(-c2nnc(C(C)Sc3nnc(-c4ccccc4Cl)n3-c3ccccc3F)o2)c1. The van der Waals surface area contributed by atoms with Gasteiger partial charge in [0.15, 0.2) is 11.0 Å². The van der Waals surface area contributed by atoms with Crippen LogP contribution < -0.4 is 0 Å². The molecule has 170 valence electrons. The largest absolute Gasteiger partial charge is 0.419 e. The highest BCUT2D eigenvalue weighted by molar-refractivity contribution is 7.99. The smallest absolute Gasteiger partial charge is 0.247 e. The molecule has 0 aliphatic heterocycles. The Morgan fingerprint density at radius 2 is 1.74 bits per heavy atom. The van der Waals surface area contributed by atoms with Crippen molar-refractivity contribution in [1.82, 2.24) is 25.0 Å². The fourth-order valence-electron chi connectivity index (χ4n) is 3.52. The van der Waals surface area contributed by atoms with Gasteiger partial charge in [-0.15, -0.1) is 20.4 Å². The minimum absolute atomic E-state index is 0.264. The Balaban J connectivity index is 1.52. The number of halogens is 2. The molecule has 5 rings (SSSR count). The molecule has 3 aromatic carbocycles. The Bertz CT molecular complexity index is 1470. The van der Waals surface area contributed by atoms with Crippen molar-refractivity contribution in [2.75, 3.05) is 0 Å². The van der Waals surface area contributed by atoms with Gasteiger partial charge in [0.2, 0.25) is 11.8 Å². The number of hydrogen-bond acceptors (Lipinski definition) is 6. The monoisotopic (exact) mass is 491 g/mol. The van der Waals surface area contributed by atoms with Crippen LogP contribution >= 0.6 is 23.4 Å². The van der Waals surface area contributed by atoms with Crippen molar-refractivity contribution in [3.63, 3.8) is 0 Å². The summed E-state index contributed by atoms with van der Waals surface area (Å²) in [5, 5.41) is 17.8. The lowest BCUT2D eigenvalue weighted by atomic mass is 10.1. The Morgan fingerprint density at radius 1 is 0.941 bits per heavy atom. The highest BCUT2D eigenvalue weighted by atomic mass is 35.5. The topological polar surface area (TPSA) is 69.6 Å². The molecule has 1 unspecified atom stereocenters. The predicted molar refractivity (Wildman–Crippen MR) is 131 cm³/mol. The molecule has 2 heterocycles. The lowest BCUT2D eigenvalue weighted by Gasteiger charge is -2.13. The normalized spacial score (nSPS) is 12.1. The van der Waals surface area contributed by atoms with Gasteiger partial charge in [0.25, 0.3) is 0 Å². The van der Waals surface area contributed by atoms with Crippen LogP contribution in [0.3, 0.4) is 0 Å². The van der Waals surface area contributed by atoms with Gasteiger partial charge in [0, 0.05) is 11.1 Å². The molecule has 34 heavy (non-hydrogen) atoms. The van der Waals surface area contributed by atoms with E-state index >= 15 is 0 Å². The van der Waals surface area contributed by atoms with E-state index in [1.165, 1.54) is 17.8 Å². The summed E-state index contributed by atoms with van der Waals surface area (Å²) in [6, 6.07) is 21.6. The van der Waals surface area contributed by atoms with E-state index < -0.39 is 5.82 Å². The number of rotatable bonds is 6. The highest BCUT2D eigenvalue weighted by Crippen LogP contribution is 2.38. The van der Waals surface area contributed by atoms with Crippen molar-refractivity contribution in [3.8, 4) is 28.5 Å². The first kappa shape index (κ1) is 22.3. The number of para-hydroxylation sites is 1. The van der Waals surface area contributed by atoms with E-state index in [0.29, 0.717) is 39.0 Å². The highest BCUT2D eigenvalue weighted by Gasteiger charge is 2.24. The van der Waals surface area contributed by atoms with Gasteiger partial charge in [-0.05, 0) is 50.2 Å². The maximum atomic E-state index is 14.9. The summed E-state index contributed by atoms with van der Waals surface area (Å²) in [5.74, 6) is 0.920. The average molecular weight is 492 g/mol. The Kier molecular flexibility index (Phi) is 6.17. The molecular weight excluding hydrogens is 473 g/mol. The summed E-state index contributed by atoms with van der Waals surface area (Å²) in [4.78, 5) is 0. The molecule has 0 saturated heterocycles. The molecule has 0 aliphatic rings. The summed E-state index contributed by atoms with van der Waals surface area (Å²) in [7, 11) is 0. The first-order chi connectivity index (χ1) is 16.5. The quantitative estimate of drug-likeness (QED) is 0.240. The van der Waals surface area contributed by atoms with E-state index in [2.05, 4.69) is 20.4 Å². The van der Waals surface area contributed by atoms with Gasteiger partial charge in [0.05, 0.1) is 16.0 Å². The second-order valence-corrected chi connectivity index (χ2v) is 9.36. The summed E-state index contributed by atoms with van der Waals surface area (Å²) in [6.07, 6.45) is 0. The molecule has 0 fully saturated rings. The molecule has 0 spiro atoms. The molecule has 0 radical (unpaired) electrons. The van der Waals surface area contributed by atoms with Gasteiger partial charge in [-0.3, -0.25) is 4.57 Å². The van der Waals surface area contributed by atoms with Crippen LogP contribution in [0.5, 0.6) is 0 Å². The lowest BCUT2D eigenvalue weighted by Crippen LogP contribution is -2.03. The Hall–Kier alpha value is -3.49. The Labute approximate surface area is 204 Å². The van der Waals surface area contributed by atoms with Gasteiger partial charge in [-0.1, -0.05) is 65.3 Å². The third-order valence-electron chi connectivity index (χ3n) is 5.18. The van der Waals surface area contributed by atoms with Crippen LogP contribution in [-0.4, -0.2) is 25.0 Å². The number of benzene rings is 3. The average Bonchev–Trinajstić information content (AvgIpc) is 3.48. The van der Waals surface area contributed by atoms with E-state index in [1.807, 2.05) is 56.3 Å². The Morgan fingerprint density at radius 3 is 2.53 bits per heavy atom. The number of hydrogen-bond donors (Lipinski definition) is 0. The van der Waals surface area contributed by atoms with Crippen LogP contribution in [-0.2, 0) is 0 Å². The van der Waals surface area contributed by atoms with E-state index in [9.17, 15) is 4.39 Å². The van der Waals surface area contributed by atoms with Crippen LogP contribution in [0.1, 0.15) is 23.6 Å².